The molecule has 0 aromatic carbocycles. The van der Waals surface area contributed by atoms with Crippen LogP contribution in [0.5, 0.6) is 0 Å². The largest absolute Gasteiger partial charge is 0.394 e. The van der Waals surface area contributed by atoms with Crippen molar-refractivity contribution < 1.29 is 27.9 Å². The number of aliphatic hydroxyl groups excluding tert-OH is 1. The molecule has 1 aliphatic rings. The van der Waals surface area contributed by atoms with E-state index in [-0.39, 0.29) is 31.3 Å². The number of carbonyl (C=O) groups excluding carboxylic acids is 2. The second-order valence-electron chi connectivity index (χ2n) is 5.31. The second-order valence-corrected chi connectivity index (χ2v) is 7.54. The van der Waals surface area contributed by atoms with Crippen LogP contribution in [0.4, 0.5) is 0 Å². The molecule has 2 amide bonds. The van der Waals surface area contributed by atoms with Gasteiger partial charge in [-0.2, -0.15) is 0 Å². The molecule has 0 aromatic rings. The van der Waals surface area contributed by atoms with Crippen molar-refractivity contribution >= 4 is 21.7 Å². The maximum Gasteiger partial charge on any atom is 0.312 e. The van der Waals surface area contributed by atoms with E-state index in [0.717, 1.165) is 0 Å². The first-order chi connectivity index (χ1) is 10.3. The van der Waals surface area contributed by atoms with Gasteiger partial charge in [-0.05, 0) is 12.8 Å². The summed E-state index contributed by atoms with van der Waals surface area (Å²) < 4.78 is 28.1. The van der Waals surface area contributed by atoms with Crippen molar-refractivity contribution in [1.29, 1.82) is 0 Å². The molecule has 128 valence electrons. The molecule has 0 bridgehead atoms. The first-order valence-corrected chi connectivity index (χ1v) is 9.08. The van der Waals surface area contributed by atoms with Crippen molar-refractivity contribution in [2.24, 2.45) is 0 Å². The van der Waals surface area contributed by atoms with Gasteiger partial charge in [-0.15, -0.1) is 0 Å². The predicted octanol–water partition coefficient (Wildman–Crippen LogP) is -1.46. The quantitative estimate of drug-likeness (QED) is 0.549. The number of aliphatic hydroxyl groups is 1. The van der Waals surface area contributed by atoms with Gasteiger partial charge in [-0.3, -0.25) is 9.59 Å². The van der Waals surface area contributed by atoms with Crippen LogP contribution in [0.25, 0.3) is 0 Å². The van der Waals surface area contributed by atoms with Crippen molar-refractivity contribution in [2.75, 3.05) is 38.4 Å². The molecule has 0 aliphatic carbocycles. The number of amides is 2. The molecule has 0 aromatic heterocycles. The summed E-state index contributed by atoms with van der Waals surface area (Å²) in [6, 6.07) is -0.999. The summed E-state index contributed by atoms with van der Waals surface area (Å²) in [7, 11) is -1.70. The molecule has 2 N–H and O–H groups in total. The smallest absolute Gasteiger partial charge is 0.312 e. The molecule has 0 radical (unpaired) electrons. The fourth-order valence-corrected chi connectivity index (χ4v) is 4.05. The molecule has 9 heteroatoms. The highest BCUT2D eigenvalue weighted by atomic mass is 32.2. The Kier molecular flexibility index (Phi) is 7.24. The summed E-state index contributed by atoms with van der Waals surface area (Å²) in [5.74, 6) is -1.73. The average molecular weight is 336 g/mol. The third-order valence-electron chi connectivity index (χ3n) is 3.69. The number of methoxy groups -OCH3 is 1. The number of rotatable bonds is 7. The van der Waals surface area contributed by atoms with Gasteiger partial charge in [0.1, 0.15) is 0 Å². The first kappa shape index (κ1) is 18.9. The van der Waals surface area contributed by atoms with Gasteiger partial charge in [-0.25, -0.2) is 8.42 Å². The molecule has 1 saturated heterocycles. The highest BCUT2D eigenvalue weighted by molar-refractivity contribution is 7.91. The Hall–Kier alpha value is -1.19. The van der Waals surface area contributed by atoms with Crippen LogP contribution in [0.2, 0.25) is 0 Å². The number of sulfone groups is 1. The van der Waals surface area contributed by atoms with E-state index in [1.54, 1.807) is 6.92 Å². The van der Waals surface area contributed by atoms with Gasteiger partial charge in [0.15, 0.2) is 9.84 Å². The summed E-state index contributed by atoms with van der Waals surface area (Å²) in [6.07, 6.45) is 0.813. The normalized spacial score (nSPS) is 21.3. The number of hydrogen-bond donors (Lipinski definition) is 2. The zero-order chi connectivity index (χ0) is 16.8. The van der Waals surface area contributed by atoms with Crippen molar-refractivity contribution in [3.63, 3.8) is 0 Å². The Morgan fingerprint density at radius 1 is 1.45 bits per heavy atom. The summed E-state index contributed by atoms with van der Waals surface area (Å²) in [5, 5.41) is 11.5. The van der Waals surface area contributed by atoms with E-state index < -0.39 is 33.7 Å². The molecule has 1 fully saturated rings. The lowest BCUT2D eigenvalue weighted by atomic mass is 10.2. The van der Waals surface area contributed by atoms with Crippen LogP contribution in [-0.2, 0) is 24.2 Å². The van der Waals surface area contributed by atoms with Crippen molar-refractivity contribution in [1.82, 2.24) is 10.2 Å². The van der Waals surface area contributed by atoms with Crippen LogP contribution in [0.3, 0.4) is 0 Å². The van der Waals surface area contributed by atoms with Gasteiger partial charge in [0.25, 0.3) is 0 Å². The Bertz CT molecular complexity index is 489. The number of hydrogen-bond acceptors (Lipinski definition) is 6. The number of nitrogens with one attached hydrogen (secondary N) is 1. The minimum Gasteiger partial charge on any atom is -0.394 e. The van der Waals surface area contributed by atoms with Crippen molar-refractivity contribution in [2.45, 2.75) is 31.8 Å². The Morgan fingerprint density at radius 3 is 2.59 bits per heavy atom. The predicted molar refractivity (Wildman–Crippen MR) is 80.0 cm³/mol. The van der Waals surface area contributed by atoms with E-state index in [1.165, 1.54) is 12.0 Å². The molecule has 2 atom stereocenters. The van der Waals surface area contributed by atoms with Crippen LogP contribution >= 0.6 is 0 Å². The summed E-state index contributed by atoms with van der Waals surface area (Å²) >= 11 is 0. The molecule has 0 spiro atoms. The fourth-order valence-electron chi connectivity index (χ4n) is 2.32. The maximum absolute atomic E-state index is 12.3. The van der Waals surface area contributed by atoms with E-state index in [9.17, 15) is 18.0 Å². The maximum atomic E-state index is 12.3. The van der Waals surface area contributed by atoms with Crippen molar-refractivity contribution in [3.8, 4) is 0 Å². The van der Waals surface area contributed by atoms with Gasteiger partial charge in [-0.1, -0.05) is 6.92 Å². The summed E-state index contributed by atoms with van der Waals surface area (Å²) in [4.78, 5) is 25.5. The van der Waals surface area contributed by atoms with E-state index >= 15 is 0 Å². The second kappa shape index (κ2) is 8.44. The summed E-state index contributed by atoms with van der Waals surface area (Å²) in [6.45, 7) is 1.88. The first-order valence-electron chi connectivity index (χ1n) is 7.26. The molecular formula is C13H24N2O6S. The van der Waals surface area contributed by atoms with Gasteiger partial charge < -0.3 is 20.1 Å². The Labute approximate surface area is 130 Å². The number of ether oxygens (including phenoxy) is 1. The minimum absolute atomic E-state index is 0.0181. The SMILES string of the molecule is CCC(CO)NC(=O)C(=O)N(CCOC)C1CCS(=O)(=O)C1. The molecule has 0 saturated carbocycles. The van der Waals surface area contributed by atoms with Gasteiger partial charge in [0.2, 0.25) is 0 Å². The third-order valence-corrected chi connectivity index (χ3v) is 5.44. The fraction of sp³-hybridized carbons (Fsp3) is 0.846. The van der Waals surface area contributed by atoms with Crippen LogP contribution in [-0.4, -0.2) is 80.7 Å². The molecule has 2 unspecified atom stereocenters. The van der Waals surface area contributed by atoms with Crippen LogP contribution in [0.1, 0.15) is 19.8 Å². The zero-order valence-electron chi connectivity index (χ0n) is 12.9. The van der Waals surface area contributed by atoms with E-state index in [2.05, 4.69) is 5.32 Å². The summed E-state index contributed by atoms with van der Waals surface area (Å²) in [5.41, 5.74) is 0. The van der Waals surface area contributed by atoms with Crippen LogP contribution < -0.4 is 5.32 Å². The molecule has 1 heterocycles. The highest BCUT2D eigenvalue weighted by Crippen LogP contribution is 2.18. The zero-order valence-corrected chi connectivity index (χ0v) is 13.8. The Morgan fingerprint density at radius 2 is 2.14 bits per heavy atom. The van der Waals surface area contributed by atoms with Crippen LogP contribution in [0, 0.1) is 0 Å². The highest BCUT2D eigenvalue weighted by Gasteiger charge is 2.36. The topological polar surface area (TPSA) is 113 Å². The van der Waals surface area contributed by atoms with Crippen molar-refractivity contribution in [3.05, 3.63) is 0 Å². The van der Waals surface area contributed by atoms with Gasteiger partial charge in [0, 0.05) is 19.7 Å². The van der Waals surface area contributed by atoms with Crippen LogP contribution in [0.15, 0.2) is 0 Å². The van der Waals surface area contributed by atoms with E-state index in [0.29, 0.717) is 12.8 Å². The lowest BCUT2D eigenvalue weighted by Crippen LogP contribution is -2.52. The number of nitrogens with zero attached hydrogens (tertiary/aromatic N) is 1. The lowest BCUT2D eigenvalue weighted by molar-refractivity contribution is -0.148. The molecule has 1 rings (SSSR count). The van der Waals surface area contributed by atoms with Gasteiger partial charge in [0.05, 0.1) is 30.8 Å². The number of carbonyl (C=O) groups is 2. The Balaban J connectivity index is 2.78. The molecule has 22 heavy (non-hydrogen) atoms. The molecule has 1 aliphatic heterocycles. The molecular weight excluding hydrogens is 312 g/mol. The van der Waals surface area contributed by atoms with E-state index in [1.807, 2.05) is 0 Å². The monoisotopic (exact) mass is 336 g/mol. The minimum atomic E-state index is -3.16. The molecule has 8 nitrogen and oxygen atoms in total. The average Bonchev–Trinajstić information content (AvgIpc) is 2.84. The standard InChI is InChI=1S/C13H24N2O6S/c1-3-10(8-16)14-12(17)13(18)15(5-6-21-2)11-4-7-22(19,20)9-11/h10-11,16H,3-9H2,1-2H3,(H,14,17). The van der Waals surface area contributed by atoms with Gasteiger partial charge >= 0.3 is 11.8 Å². The van der Waals surface area contributed by atoms with E-state index in [4.69, 9.17) is 9.84 Å². The third kappa shape index (κ3) is 5.22. The lowest BCUT2D eigenvalue weighted by Gasteiger charge is -2.28.